The van der Waals surface area contributed by atoms with E-state index in [1.807, 2.05) is 0 Å². The zero-order valence-electron chi connectivity index (χ0n) is 15.3. The molecule has 25 heavy (non-hydrogen) atoms. The van der Waals surface area contributed by atoms with Crippen LogP contribution in [0, 0.1) is 10.1 Å². The molecule has 1 amide bonds. The third-order valence-corrected chi connectivity index (χ3v) is 4.10. The van der Waals surface area contributed by atoms with Gasteiger partial charge < -0.3 is 0 Å². The van der Waals surface area contributed by atoms with Crippen molar-refractivity contribution in [3.8, 4) is 0 Å². The van der Waals surface area contributed by atoms with Crippen LogP contribution in [0.25, 0.3) is 0 Å². The Morgan fingerprint density at radius 2 is 1.60 bits per heavy atom. The summed E-state index contributed by atoms with van der Waals surface area (Å²) in [4.78, 5) is 22.0. The number of rotatable bonds is 12. The van der Waals surface area contributed by atoms with Crippen LogP contribution in [0.4, 0.5) is 5.69 Å². The standard InChI is InChI=1S/C19H29N3O3/c1-3-4-5-6-7-8-9-10-11-19(23)21-20-16(2)17-12-14-18(15-13-17)22(24)25/h12-15H,3-11H2,1-2H3,(H,21,23). The number of hydrogen-bond donors (Lipinski definition) is 1. The summed E-state index contributed by atoms with van der Waals surface area (Å²) in [6, 6.07) is 6.11. The SMILES string of the molecule is CCCCCCCCCCC(=O)NN=C(C)c1ccc([N+](=O)[O-])cc1. The Morgan fingerprint density at radius 1 is 1.04 bits per heavy atom. The quantitative estimate of drug-likeness (QED) is 0.251. The van der Waals surface area contributed by atoms with Gasteiger partial charge in [0.1, 0.15) is 0 Å². The summed E-state index contributed by atoms with van der Waals surface area (Å²) < 4.78 is 0. The highest BCUT2D eigenvalue weighted by molar-refractivity contribution is 5.99. The van der Waals surface area contributed by atoms with Gasteiger partial charge in [0.05, 0.1) is 10.6 Å². The van der Waals surface area contributed by atoms with E-state index in [9.17, 15) is 14.9 Å². The first-order valence-corrected chi connectivity index (χ1v) is 9.12. The number of carbonyl (C=O) groups excluding carboxylic acids is 1. The molecular formula is C19H29N3O3. The van der Waals surface area contributed by atoms with Gasteiger partial charge in [0.15, 0.2) is 0 Å². The Hall–Kier alpha value is -2.24. The normalized spacial score (nSPS) is 11.4. The molecule has 1 rings (SSSR count). The fourth-order valence-electron chi connectivity index (χ4n) is 2.51. The van der Waals surface area contributed by atoms with Crippen molar-refractivity contribution in [1.82, 2.24) is 5.43 Å². The Balaban J connectivity index is 2.23. The third-order valence-electron chi connectivity index (χ3n) is 4.10. The van der Waals surface area contributed by atoms with Crippen molar-refractivity contribution in [3.63, 3.8) is 0 Å². The minimum atomic E-state index is -0.443. The Morgan fingerprint density at radius 3 is 2.16 bits per heavy atom. The van der Waals surface area contributed by atoms with Crippen LogP contribution in [0.5, 0.6) is 0 Å². The predicted molar refractivity (Wildman–Crippen MR) is 101 cm³/mol. The van der Waals surface area contributed by atoms with Crippen molar-refractivity contribution < 1.29 is 9.72 Å². The van der Waals surface area contributed by atoms with E-state index >= 15 is 0 Å². The average molecular weight is 347 g/mol. The molecule has 1 aromatic carbocycles. The van der Waals surface area contributed by atoms with Crippen molar-refractivity contribution in [2.24, 2.45) is 5.10 Å². The van der Waals surface area contributed by atoms with Crippen molar-refractivity contribution in [3.05, 3.63) is 39.9 Å². The number of hydrogen-bond acceptors (Lipinski definition) is 4. The molecule has 0 fully saturated rings. The molecule has 0 saturated carbocycles. The number of nitro groups is 1. The maximum Gasteiger partial charge on any atom is 0.269 e. The van der Waals surface area contributed by atoms with E-state index in [-0.39, 0.29) is 11.6 Å². The van der Waals surface area contributed by atoms with Crippen molar-refractivity contribution in [1.29, 1.82) is 0 Å². The highest BCUT2D eigenvalue weighted by atomic mass is 16.6. The van der Waals surface area contributed by atoms with E-state index < -0.39 is 4.92 Å². The Bertz CT molecular complexity index is 568. The van der Waals surface area contributed by atoms with Crippen molar-refractivity contribution in [2.45, 2.75) is 71.6 Å². The molecule has 138 valence electrons. The van der Waals surface area contributed by atoms with Gasteiger partial charge in [-0.05, 0) is 31.0 Å². The van der Waals surface area contributed by atoms with Crippen molar-refractivity contribution >= 4 is 17.3 Å². The van der Waals surface area contributed by atoms with Crippen LogP contribution >= 0.6 is 0 Å². The molecule has 6 heteroatoms. The van der Waals surface area contributed by atoms with Gasteiger partial charge in [-0.2, -0.15) is 5.10 Å². The second kappa shape index (κ2) is 12.2. The minimum absolute atomic E-state index is 0.0373. The van der Waals surface area contributed by atoms with Crippen LogP contribution in [0.15, 0.2) is 29.4 Å². The summed E-state index contributed by atoms with van der Waals surface area (Å²) in [6.45, 7) is 3.97. The Kier molecular flexibility index (Phi) is 10.1. The molecular weight excluding hydrogens is 318 g/mol. The van der Waals surface area contributed by atoms with E-state index in [1.54, 1.807) is 19.1 Å². The van der Waals surface area contributed by atoms with Gasteiger partial charge in [0.25, 0.3) is 5.69 Å². The lowest BCUT2D eigenvalue weighted by Crippen LogP contribution is -2.18. The summed E-state index contributed by atoms with van der Waals surface area (Å²) in [5.74, 6) is -0.0905. The number of benzene rings is 1. The first-order chi connectivity index (χ1) is 12.0. The van der Waals surface area contributed by atoms with E-state index in [0.717, 1.165) is 18.4 Å². The second-order valence-electron chi connectivity index (χ2n) is 6.26. The lowest BCUT2D eigenvalue weighted by molar-refractivity contribution is -0.384. The molecule has 0 aromatic heterocycles. The van der Waals surface area contributed by atoms with Gasteiger partial charge in [-0.3, -0.25) is 14.9 Å². The van der Waals surface area contributed by atoms with Crippen LogP contribution in [0.3, 0.4) is 0 Å². The minimum Gasteiger partial charge on any atom is -0.273 e. The number of non-ortho nitro benzene ring substituents is 1. The fourth-order valence-corrected chi connectivity index (χ4v) is 2.51. The first-order valence-electron chi connectivity index (χ1n) is 9.12. The summed E-state index contributed by atoms with van der Waals surface area (Å²) in [5, 5.41) is 14.7. The maximum atomic E-state index is 11.8. The van der Waals surface area contributed by atoms with E-state index in [1.165, 1.54) is 50.7 Å². The lowest BCUT2D eigenvalue weighted by atomic mass is 10.1. The molecule has 1 N–H and O–H groups in total. The predicted octanol–water partition coefficient (Wildman–Crippen LogP) is 4.97. The zero-order chi connectivity index (χ0) is 18.5. The molecule has 1 aromatic rings. The van der Waals surface area contributed by atoms with Gasteiger partial charge in [-0.15, -0.1) is 0 Å². The zero-order valence-corrected chi connectivity index (χ0v) is 15.3. The molecule has 0 heterocycles. The average Bonchev–Trinajstić information content (AvgIpc) is 2.62. The molecule has 0 atom stereocenters. The van der Waals surface area contributed by atoms with Gasteiger partial charge in [-0.25, -0.2) is 5.43 Å². The molecule has 0 aliphatic carbocycles. The lowest BCUT2D eigenvalue weighted by Gasteiger charge is -2.04. The summed E-state index contributed by atoms with van der Waals surface area (Å²) >= 11 is 0. The fraction of sp³-hybridized carbons (Fsp3) is 0.579. The molecule has 0 radical (unpaired) electrons. The molecule has 0 unspecified atom stereocenters. The topological polar surface area (TPSA) is 84.6 Å². The molecule has 0 aliphatic rings. The molecule has 6 nitrogen and oxygen atoms in total. The number of carbonyl (C=O) groups is 1. The number of nitrogens with one attached hydrogen (secondary N) is 1. The van der Waals surface area contributed by atoms with Crippen LogP contribution in [0.1, 0.15) is 77.2 Å². The maximum absolute atomic E-state index is 11.8. The summed E-state index contributed by atoms with van der Waals surface area (Å²) in [6.07, 6.45) is 10.0. The Labute approximate surface area is 149 Å². The van der Waals surface area contributed by atoms with Gasteiger partial charge in [0, 0.05) is 18.6 Å². The van der Waals surface area contributed by atoms with Gasteiger partial charge >= 0.3 is 0 Å². The van der Waals surface area contributed by atoms with Crippen LogP contribution in [-0.4, -0.2) is 16.5 Å². The van der Waals surface area contributed by atoms with E-state index in [0.29, 0.717) is 12.1 Å². The molecule has 0 saturated heterocycles. The highest BCUT2D eigenvalue weighted by Gasteiger charge is 2.06. The highest BCUT2D eigenvalue weighted by Crippen LogP contribution is 2.12. The monoisotopic (exact) mass is 347 g/mol. The number of nitrogens with zero attached hydrogens (tertiary/aromatic N) is 2. The smallest absolute Gasteiger partial charge is 0.269 e. The first kappa shape index (κ1) is 20.8. The molecule has 0 bridgehead atoms. The second-order valence-corrected chi connectivity index (χ2v) is 6.26. The summed E-state index contributed by atoms with van der Waals surface area (Å²) in [7, 11) is 0. The summed E-state index contributed by atoms with van der Waals surface area (Å²) in [5.41, 5.74) is 3.96. The van der Waals surface area contributed by atoms with E-state index in [4.69, 9.17) is 0 Å². The van der Waals surface area contributed by atoms with E-state index in [2.05, 4.69) is 17.5 Å². The number of amides is 1. The van der Waals surface area contributed by atoms with Gasteiger partial charge in [0.2, 0.25) is 5.91 Å². The van der Waals surface area contributed by atoms with Gasteiger partial charge in [-0.1, -0.05) is 51.9 Å². The van der Waals surface area contributed by atoms with Crippen LogP contribution < -0.4 is 5.43 Å². The number of nitro benzene ring substituents is 1. The van der Waals surface area contributed by atoms with Crippen LogP contribution in [-0.2, 0) is 4.79 Å². The van der Waals surface area contributed by atoms with Crippen molar-refractivity contribution in [2.75, 3.05) is 0 Å². The molecule has 0 spiro atoms. The number of hydrazone groups is 1. The third kappa shape index (κ3) is 8.98. The number of unbranched alkanes of at least 4 members (excludes halogenated alkanes) is 7. The van der Waals surface area contributed by atoms with Crippen LogP contribution in [0.2, 0.25) is 0 Å². The molecule has 0 aliphatic heterocycles. The largest absolute Gasteiger partial charge is 0.273 e.